The number of nitrogens with zero attached hydrogens (tertiary/aromatic N) is 4. The second-order valence-electron chi connectivity index (χ2n) is 5.19. The van der Waals surface area contributed by atoms with Gasteiger partial charge in [-0.3, -0.25) is 9.48 Å². The molecule has 0 spiro atoms. The van der Waals surface area contributed by atoms with E-state index in [9.17, 15) is 4.79 Å². The number of methoxy groups -OCH3 is 1. The van der Waals surface area contributed by atoms with Crippen LogP contribution in [0.1, 0.15) is 34.8 Å². The molecule has 1 atom stereocenters. The van der Waals surface area contributed by atoms with Gasteiger partial charge in [0.25, 0.3) is 5.91 Å². The largest absolute Gasteiger partial charge is 0.481 e. The van der Waals surface area contributed by atoms with Crippen molar-refractivity contribution in [2.75, 3.05) is 13.7 Å². The van der Waals surface area contributed by atoms with Gasteiger partial charge < -0.3 is 9.64 Å². The summed E-state index contributed by atoms with van der Waals surface area (Å²) < 4.78 is 6.79. The molecule has 6 heteroatoms. The first-order chi connectivity index (χ1) is 10.2. The van der Waals surface area contributed by atoms with E-state index < -0.39 is 0 Å². The summed E-state index contributed by atoms with van der Waals surface area (Å²) in [6.45, 7) is 0.768. The van der Waals surface area contributed by atoms with Crippen LogP contribution in [0.3, 0.4) is 0 Å². The summed E-state index contributed by atoms with van der Waals surface area (Å²) in [7, 11) is 3.45. The van der Waals surface area contributed by atoms with Crippen LogP contribution in [0, 0.1) is 0 Å². The Balaban J connectivity index is 1.82. The molecule has 3 heterocycles. The van der Waals surface area contributed by atoms with Crippen LogP contribution in [0.2, 0.25) is 0 Å². The van der Waals surface area contributed by atoms with E-state index in [1.807, 2.05) is 24.3 Å². The molecule has 0 saturated carbocycles. The number of hydrogen-bond acceptors (Lipinski definition) is 4. The Labute approximate surface area is 123 Å². The summed E-state index contributed by atoms with van der Waals surface area (Å²) in [6.07, 6.45) is 7.36. The number of amides is 1. The maximum absolute atomic E-state index is 12.7. The van der Waals surface area contributed by atoms with Crippen LogP contribution < -0.4 is 4.74 Å². The van der Waals surface area contributed by atoms with Crippen LogP contribution in [0.15, 0.2) is 30.7 Å². The first-order valence-corrected chi connectivity index (χ1v) is 6.98. The molecule has 2 aromatic rings. The molecule has 0 unspecified atom stereocenters. The van der Waals surface area contributed by atoms with Gasteiger partial charge in [0.2, 0.25) is 5.88 Å². The van der Waals surface area contributed by atoms with E-state index in [1.165, 1.54) is 0 Å². The number of likely N-dealkylation sites (tertiary alicyclic amines) is 1. The summed E-state index contributed by atoms with van der Waals surface area (Å²) in [5, 5.41) is 4.20. The molecule has 1 amide bonds. The topological polar surface area (TPSA) is 60.2 Å². The summed E-state index contributed by atoms with van der Waals surface area (Å²) in [5.41, 5.74) is 1.68. The fraction of sp³-hybridized carbons (Fsp3) is 0.400. The monoisotopic (exact) mass is 286 g/mol. The molecular weight excluding hydrogens is 268 g/mol. The van der Waals surface area contributed by atoms with Gasteiger partial charge in [0.15, 0.2) is 0 Å². The SMILES string of the molecule is COc1ccc(C(=O)N2CCC[C@H]2c2cnn(C)c2)cn1. The van der Waals surface area contributed by atoms with Crippen molar-refractivity contribution in [3.8, 4) is 5.88 Å². The van der Waals surface area contributed by atoms with Crippen LogP contribution >= 0.6 is 0 Å². The molecule has 21 heavy (non-hydrogen) atoms. The average molecular weight is 286 g/mol. The number of rotatable bonds is 3. The second-order valence-corrected chi connectivity index (χ2v) is 5.19. The molecule has 1 aliphatic rings. The van der Waals surface area contributed by atoms with Crippen molar-refractivity contribution in [3.63, 3.8) is 0 Å². The van der Waals surface area contributed by atoms with Gasteiger partial charge in [-0.25, -0.2) is 4.98 Å². The summed E-state index contributed by atoms with van der Waals surface area (Å²) in [6, 6.07) is 3.57. The van der Waals surface area contributed by atoms with E-state index in [0.29, 0.717) is 11.4 Å². The minimum Gasteiger partial charge on any atom is -0.481 e. The molecule has 1 fully saturated rings. The maximum Gasteiger partial charge on any atom is 0.255 e. The highest BCUT2D eigenvalue weighted by Gasteiger charge is 2.31. The molecule has 0 aromatic carbocycles. The number of aromatic nitrogens is 3. The predicted molar refractivity (Wildman–Crippen MR) is 77.0 cm³/mol. The second kappa shape index (κ2) is 5.55. The quantitative estimate of drug-likeness (QED) is 0.863. The van der Waals surface area contributed by atoms with E-state index in [-0.39, 0.29) is 11.9 Å². The number of ether oxygens (including phenoxy) is 1. The van der Waals surface area contributed by atoms with Gasteiger partial charge in [0, 0.05) is 37.6 Å². The van der Waals surface area contributed by atoms with Crippen LogP contribution in [-0.4, -0.2) is 39.2 Å². The van der Waals surface area contributed by atoms with Crippen molar-refractivity contribution in [3.05, 3.63) is 41.9 Å². The Kier molecular flexibility index (Phi) is 3.60. The Bertz CT molecular complexity index is 635. The number of aryl methyl sites for hydroxylation is 1. The van der Waals surface area contributed by atoms with E-state index in [1.54, 1.807) is 30.1 Å². The van der Waals surface area contributed by atoms with Crippen molar-refractivity contribution >= 4 is 5.91 Å². The summed E-state index contributed by atoms with van der Waals surface area (Å²) in [4.78, 5) is 18.7. The Morgan fingerprint density at radius 3 is 2.86 bits per heavy atom. The fourth-order valence-electron chi connectivity index (χ4n) is 2.76. The van der Waals surface area contributed by atoms with Gasteiger partial charge in [-0.05, 0) is 18.9 Å². The van der Waals surface area contributed by atoms with E-state index in [4.69, 9.17) is 4.74 Å². The average Bonchev–Trinajstić information content (AvgIpc) is 3.15. The zero-order valence-corrected chi connectivity index (χ0v) is 12.2. The molecule has 3 rings (SSSR count). The van der Waals surface area contributed by atoms with Gasteiger partial charge in [0.1, 0.15) is 0 Å². The van der Waals surface area contributed by atoms with E-state index in [0.717, 1.165) is 24.9 Å². The molecule has 1 saturated heterocycles. The van der Waals surface area contributed by atoms with Crippen molar-refractivity contribution in [2.24, 2.45) is 7.05 Å². The molecule has 6 nitrogen and oxygen atoms in total. The van der Waals surface area contributed by atoms with E-state index >= 15 is 0 Å². The molecule has 0 N–H and O–H groups in total. The third-order valence-electron chi connectivity index (χ3n) is 3.82. The fourth-order valence-corrected chi connectivity index (χ4v) is 2.76. The molecule has 0 bridgehead atoms. The van der Waals surface area contributed by atoms with Crippen LogP contribution in [0.25, 0.3) is 0 Å². The molecule has 0 radical (unpaired) electrons. The summed E-state index contributed by atoms with van der Waals surface area (Å²) >= 11 is 0. The first kappa shape index (κ1) is 13.6. The lowest BCUT2D eigenvalue weighted by Crippen LogP contribution is -2.30. The van der Waals surface area contributed by atoms with Crippen molar-refractivity contribution in [1.82, 2.24) is 19.7 Å². The van der Waals surface area contributed by atoms with Gasteiger partial charge in [-0.15, -0.1) is 0 Å². The smallest absolute Gasteiger partial charge is 0.255 e. The number of carbonyl (C=O) groups is 1. The lowest BCUT2D eigenvalue weighted by atomic mass is 10.1. The van der Waals surface area contributed by atoms with Crippen molar-refractivity contribution in [2.45, 2.75) is 18.9 Å². The highest BCUT2D eigenvalue weighted by atomic mass is 16.5. The Hall–Kier alpha value is -2.37. The van der Waals surface area contributed by atoms with Gasteiger partial charge >= 0.3 is 0 Å². The van der Waals surface area contributed by atoms with Crippen LogP contribution in [0.5, 0.6) is 5.88 Å². The zero-order valence-electron chi connectivity index (χ0n) is 12.2. The molecule has 1 aliphatic heterocycles. The highest BCUT2D eigenvalue weighted by Crippen LogP contribution is 2.32. The van der Waals surface area contributed by atoms with Gasteiger partial charge in [-0.2, -0.15) is 5.10 Å². The lowest BCUT2D eigenvalue weighted by Gasteiger charge is -2.23. The first-order valence-electron chi connectivity index (χ1n) is 6.98. The summed E-state index contributed by atoms with van der Waals surface area (Å²) in [5.74, 6) is 0.522. The third-order valence-corrected chi connectivity index (χ3v) is 3.82. The lowest BCUT2D eigenvalue weighted by molar-refractivity contribution is 0.0735. The molecule has 2 aromatic heterocycles. The van der Waals surface area contributed by atoms with E-state index in [2.05, 4.69) is 10.1 Å². The predicted octanol–water partition coefficient (Wildman–Crippen LogP) is 1.80. The normalized spacial score (nSPS) is 18.0. The van der Waals surface area contributed by atoms with Crippen molar-refractivity contribution in [1.29, 1.82) is 0 Å². The standard InChI is InChI=1S/C15H18N4O2/c1-18-10-12(9-17-18)13-4-3-7-19(13)15(20)11-5-6-14(21-2)16-8-11/h5-6,8-10,13H,3-4,7H2,1-2H3/t13-/m0/s1. The highest BCUT2D eigenvalue weighted by molar-refractivity contribution is 5.94. The minimum absolute atomic E-state index is 0.0107. The number of carbonyl (C=O) groups excluding carboxylic acids is 1. The Morgan fingerprint density at radius 2 is 2.24 bits per heavy atom. The zero-order chi connectivity index (χ0) is 14.8. The Morgan fingerprint density at radius 1 is 1.38 bits per heavy atom. The number of pyridine rings is 1. The van der Waals surface area contributed by atoms with Crippen LogP contribution in [-0.2, 0) is 7.05 Å². The van der Waals surface area contributed by atoms with Gasteiger partial charge in [-0.1, -0.05) is 0 Å². The molecular formula is C15H18N4O2. The molecule has 110 valence electrons. The minimum atomic E-state index is 0.0107. The maximum atomic E-state index is 12.7. The van der Waals surface area contributed by atoms with Crippen molar-refractivity contribution < 1.29 is 9.53 Å². The van der Waals surface area contributed by atoms with Crippen LogP contribution in [0.4, 0.5) is 0 Å². The molecule has 0 aliphatic carbocycles. The van der Waals surface area contributed by atoms with Gasteiger partial charge in [0.05, 0.1) is 24.9 Å². The third kappa shape index (κ3) is 2.61. The number of hydrogen-bond donors (Lipinski definition) is 0.